The van der Waals surface area contributed by atoms with Gasteiger partial charge in [0, 0.05) is 12.8 Å². The molecule has 0 spiro atoms. The lowest BCUT2D eigenvalue weighted by molar-refractivity contribution is -0.332. The number of carbonyl (C=O) groups is 2. The van der Waals surface area contributed by atoms with Crippen molar-refractivity contribution in [2.75, 3.05) is 26.4 Å². The zero-order chi connectivity index (χ0) is 56.0. The van der Waals surface area contributed by atoms with Crippen LogP contribution < -0.4 is 0 Å². The van der Waals surface area contributed by atoms with Gasteiger partial charge in [-0.3, -0.25) is 9.59 Å². The molecule has 454 valence electrons. The SMILES string of the molecule is CCCCCCCCCC/C=C\CCCCCCCCCCCCCC(=O)OC(COC(=O)CCCCCCCCCCCCCCCCCCCC)COC1OC(COC2OC(CO)C(O)C(O)C2O)C(O)C(O)C1O. The van der Waals surface area contributed by atoms with Gasteiger partial charge in [0.05, 0.1) is 19.8 Å². The average molecular weight is 1100 g/mol. The number of carbonyl (C=O) groups excluding carboxylic acids is 2. The van der Waals surface area contributed by atoms with Crippen LogP contribution in [-0.2, 0) is 38.0 Å². The van der Waals surface area contributed by atoms with E-state index in [0.29, 0.717) is 12.8 Å². The largest absolute Gasteiger partial charge is 0.462 e. The van der Waals surface area contributed by atoms with Crippen LogP contribution in [-0.4, -0.2) is 142 Å². The van der Waals surface area contributed by atoms with Gasteiger partial charge < -0.3 is 64.2 Å². The van der Waals surface area contributed by atoms with Crippen LogP contribution in [0.1, 0.15) is 277 Å². The number of aliphatic hydroxyl groups excluding tert-OH is 7. The Hall–Kier alpha value is -1.76. The van der Waals surface area contributed by atoms with Gasteiger partial charge in [-0.15, -0.1) is 0 Å². The molecule has 0 amide bonds. The molecule has 15 heteroatoms. The van der Waals surface area contributed by atoms with Crippen LogP contribution in [0.15, 0.2) is 12.2 Å². The molecule has 2 heterocycles. The van der Waals surface area contributed by atoms with Crippen molar-refractivity contribution in [1.29, 1.82) is 0 Å². The summed E-state index contributed by atoms with van der Waals surface area (Å²) in [7, 11) is 0. The van der Waals surface area contributed by atoms with Crippen LogP contribution in [0.2, 0.25) is 0 Å². The molecule has 2 aliphatic heterocycles. The monoisotopic (exact) mass is 1100 g/mol. The topological polar surface area (TPSA) is 231 Å². The summed E-state index contributed by atoms with van der Waals surface area (Å²) < 4.78 is 33.8. The fraction of sp³-hybridized carbons (Fsp3) is 0.935. The van der Waals surface area contributed by atoms with Crippen LogP contribution in [0.25, 0.3) is 0 Å². The lowest BCUT2D eigenvalue weighted by atomic mass is 9.98. The van der Waals surface area contributed by atoms with E-state index in [2.05, 4.69) is 26.0 Å². The van der Waals surface area contributed by atoms with Crippen molar-refractivity contribution in [1.82, 2.24) is 0 Å². The second-order valence-corrected chi connectivity index (χ2v) is 22.6. The van der Waals surface area contributed by atoms with Crippen molar-refractivity contribution in [3.8, 4) is 0 Å². The molecule has 0 bridgehead atoms. The summed E-state index contributed by atoms with van der Waals surface area (Å²) in [5.74, 6) is -0.906. The van der Waals surface area contributed by atoms with E-state index in [1.165, 1.54) is 199 Å². The summed E-state index contributed by atoms with van der Waals surface area (Å²) in [6.07, 6.45) is 36.6. The second-order valence-electron chi connectivity index (χ2n) is 22.6. The molecule has 0 aromatic carbocycles. The van der Waals surface area contributed by atoms with E-state index in [9.17, 15) is 45.3 Å². The highest BCUT2D eigenvalue weighted by Gasteiger charge is 2.47. The Balaban J connectivity index is 1.71. The Bertz CT molecular complexity index is 1390. The van der Waals surface area contributed by atoms with Gasteiger partial charge in [0.15, 0.2) is 18.7 Å². The predicted molar refractivity (Wildman–Crippen MR) is 303 cm³/mol. The van der Waals surface area contributed by atoms with E-state index in [0.717, 1.165) is 38.5 Å². The van der Waals surface area contributed by atoms with Gasteiger partial charge in [0.1, 0.15) is 55.4 Å². The van der Waals surface area contributed by atoms with Crippen molar-refractivity contribution in [3.05, 3.63) is 12.2 Å². The van der Waals surface area contributed by atoms with Crippen LogP contribution in [0.5, 0.6) is 0 Å². The van der Waals surface area contributed by atoms with Gasteiger partial charge in [-0.1, -0.05) is 238 Å². The van der Waals surface area contributed by atoms with Crippen molar-refractivity contribution in [2.24, 2.45) is 0 Å². The molecule has 0 aliphatic carbocycles. The van der Waals surface area contributed by atoms with Crippen molar-refractivity contribution < 1.29 is 73.8 Å². The number of rotatable bonds is 52. The first-order chi connectivity index (χ1) is 37.5. The molecular weight excluding hydrogens is 985 g/mol. The molecule has 0 saturated carbocycles. The predicted octanol–water partition coefficient (Wildman–Crippen LogP) is 11.7. The number of hydrogen-bond acceptors (Lipinski definition) is 15. The van der Waals surface area contributed by atoms with E-state index in [-0.39, 0.29) is 26.1 Å². The van der Waals surface area contributed by atoms with E-state index in [1.54, 1.807) is 0 Å². The van der Waals surface area contributed by atoms with Gasteiger partial charge >= 0.3 is 11.9 Å². The number of unbranched alkanes of at least 4 members (excludes halogenated alkanes) is 36. The zero-order valence-corrected chi connectivity index (χ0v) is 48.7. The summed E-state index contributed by atoms with van der Waals surface area (Å²) >= 11 is 0. The molecule has 0 aromatic heterocycles. The number of ether oxygens (including phenoxy) is 6. The summed E-state index contributed by atoms with van der Waals surface area (Å²) in [4.78, 5) is 26.0. The zero-order valence-electron chi connectivity index (χ0n) is 48.7. The molecule has 15 nitrogen and oxygen atoms in total. The van der Waals surface area contributed by atoms with Gasteiger partial charge in [-0.25, -0.2) is 0 Å². The Morgan fingerprint density at radius 2 is 0.740 bits per heavy atom. The quantitative estimate of drug-likeness (QED) is 0.0171. The maximum absolute atomic E-state index is 13.1. The third-order valence-corrected chi connectivity index (χ3v) is 15.5. The maximum Gasteiger partial charge on any atom is 0.306 e. The number of allylic oxidation sites excluding steroid dienone is 2. The highest BCUT2D eigenvalue weighted by molar-refractivity contribution is 5.70. The molecule has 11 atom stereocenters. The second kappa shape index (κ2) is 48.9. The van der Waals surface area contributed by atoms with Crippen LogP contribution >= 0.6 is 0 Å². The van der Waals surface area contributed by atoms with Gasteiger partial charge in [-0.05, 0) is 38.5 Å². The molecular formula is C62H116O15. The lowest BCUT2D eigenvalue weighted by Gasteiger charge is -2.42. The van der Waals surface area contributed by atoms with E-state index in [4.69, 9.17) is 28.4 Å². The molecule has 2 rings (SSSR count). The Morgan fingerprint density at radius 1 is 0.403 bits per heavy atom. The number of aliphatic hydroxyl groups is 7. The highest BCUT2D eigenvalue weighted by atomic mass is 16.7. The Morgan fingerprint density at radius 3 is 1.14 bits per heavy atom. The first-order valence-electron chi connectivity index (χ1n) is 31.8. The van der Waals surface area contributed by atoms with Crippen molar-refractivity contribution in [2.45, 2.75) is 345 Å². The minimum Gasteiger partial charge on any atom is -0.462 e. The molecule has 2 saturated heterocycles. The minimum absolute atomic E-state index is 0.170. The molecule has 7 N–H and O–H groups in total. The molecule has 0 radical (unpaired) electrons. The van der Waals surface area contributed by atoms with E-state index >= 15 is 0 Å². The molecule has 2 fully saturated rings. The standard InChI is InChI=1S/C62H116O15/c1-3-5-7-9-11-13-15-17-19-21-23-24-25-26-27-29-31-33-35-37-39-41-43-45-54(65)75-50(47-72-53(64)44-42-40-38-36-34-32-30-28-22-20-18-16-14-12-10-8-6-4-2)48-73-61-60(71)58(69)56(67)52(77-61)49-74-62-59(70)57(68)55(66)51(46-63)76-62/h21,23,50-52,55-63,66-71H,3-20,22,24-49H2,1-2H3/b23-21-. The first kappa shape index (κ1) is 71.3. The Labute approximate surface area is 467 Å². The highest BCUT2D eigenvalue weighted by Crippen LogP contribution is 2.27. The fourth-order valence-electron chi connectivity index (χ4n) is 10.3. The van der Waals surface area contributed by atoms with Gasteiger partial charge in [0.25, 0.3) is 0 Å². The molecule has 2 aliphatic rings. The van der Waals surface area contributed by atoms with Crippen molar-refractivity contribution >= 4 is 11.9 Å². The fourth-order valence-corrected chi connectivity index (χ4v) is 10.3. The maximum atomic E-state index is 13.1. The number of esters is 2. The summed E-state index contributed by atoms with van der Waals surface area (Å²) in [5.41, 5.74) is 0. The molecule has 11 unspecified atom stereocenters. The Kier molecular flexibility index (Phi) is 45.3. The smallest absolute Gasteiger partial charge is 0.306 e. The van der Waals surface area contributed by atoms with Crippen LogP contribution in [0, 0.1) is 0 Å². The third-order valence-electron chi connectivity index (χ3n) is 15.5. The third kappa shape index (κ3) is 35.7. The molecule has 77 heavy (non-hydrogen) atoms. The normalized spacial score (nSPS) is 24.2. The summed E-state index contributed by atoms with van der Waals surface area (Å²) in [5, 5.41) is 72.4. The van der Waals surface area contributed by atoms with Gasteiger partial charge in [0.2, 0.25) is 0 Å². The van der Waals surface area contributed by atoms with Crippen molar-refractivity contribution in [3.63, 3.8) is 0 Å². The van der Waals surface area contributed by atoms with E-state index in [1.807, 2.05) is 0 Å². The minimum atomic E-state index is -1.76. The number of hydrogen-bond donors (Lipinski definition) is 7. The van der Waals surface area contributed by atoms with E-state index < -0.39 is 92.7 Å². The van der Waals surface area contributed by atoms with Crippen LogP contribution in [0.3, 0.4) is 0 Å². The van der Waals surface area contributed by atoms with Gasteiger partial charge in [-0.2, -0.15) is 0 Å². The lowest BCUT2D eigenvalue weighted by Crippen LogP contribution is -2.61. The first-order valence-corrected chi connectivity index (χ1v) is 31.8. The summed E-state index contributed by atoms with van der Waals surface area (Å²) in [6.45, 7) is 2.66. The average Bonchev–Trinajstić information content (AvgIpc) is 3.43. The summed E-state index contributed by atoms with van der Waals surface area (Å²) in [6, 6.07) is 0. The molecule has 0 aromatic rings. The van der Waals surface area contributed by atoms with Crippen LogP contribution in [0.4, 0.5) is 0 Å².